The molecular formula is C41H48N8O2. The van der Waals surface area contributed by atoms with E-state index >= 15 is 0 Å². The van der Waals surface area contributed by atoms with E-state index in [1.807, 2.05) is 105 Å². The number of aryl methyl sites for hydroxylation is 3. The molecule has 51 heavy (non-hydrogen) atoms. The van der Waals surface area contributed by atoms with E-state index in [0.29, 0.717) is 36.9 Å². The van der Waals surface area contributed by atoms with Gasteiger partial charge in [-0.3, -0.25) is 10.1 Å². The Morgan fingerprint density at radius 2 is 1.49 bits per heavy atom. The highest BCUT2D eigenvalue weighted by atomic mass is 16.2. The molecule has 2 aromatic heterocycles. The van der Waals surface area contributed by atoms with Gasteiger partial charge in [-0.25, -0.2) is 19.4 Å². The smallest absolute Gasteiger partial charge is 0.324 e. The monoisotopic (exact) mass is 684 g/mol. The minimum absolute atomic E-state index is 0.0512. The number of nitrogens with zero attached hydrogens (tertiary/aromatic N) is 5. The van der Waals surface area contributed by atoms with Crippen molar-refractivity contribution in [1.29, 1.82) is 0 Å². The molecule has 0 unspecified atom stereocenters. The van der Waals surface area contributed by atoms with Crippen molar-refractivity contribution in [1.82, 2.24) is 24.6 Å². The SMILES string of the molecule is Cc1ccc(-n2nc(C(C)(C)C)cc2NC(=O)Nc2cccc(CC3CCN(C(=O)c4cccc(NCc5nc(C)cc(C)n5)c4)CC3)c2)cc1. The first-order chi connectivity index (χ1) is 24.4. The van der Waals surface area contributed by atoms with Crippen LogP contribution in [0.5, 0.6) is 0 Å². The van der Waals surface area contributed by atoms with Gasteiger partial charge in [0.05, 0.1) is 17.9 Å². The van der Waals surface area contributed by atoms with Crippen LogP contribution in [0.15, 0.2) is 84.9 Å². The topological polar surface area (TPSA) is 117 Å². The zero-order valence-electron chi connectivity index (χ0n) is 30.5. The maximum atomic E-state index is 13.4. The average Bonchev–Trinajstić information content (AvgIpc) is 3.52. The Morgan fingerprint density at radius 1 is 0.804 bits per heavy atom. The van der Waals surface area contributed by atoms with Crippen molar-refractivity contribution in [3.05, 3.63) is 125 Å². The van der Waals surface area contributed by atoms with E-state index in [4.69, 9.17) is 5.10 Å². The maximum Gasteiger partial charge on any atom is 0.324 e. The minimum atomic E-state index is -0.328. The fourth-order valence-corrected chi connectivity index (χ4v) is 6.45. The van der Waals surface area contributed by atoms with Gasteiger partial charge in [0, 0.05) is 52.9 Å². The molecule has 1 aliphatic heterocycles. The summed E-state index contributed by atoms with van der Waals surface area (Å²) < 4.78 is 1.78. The van der Waals surface area contributed by atoms with Gasteiger partial charge < -0.3 is 15.5 Å². The summed E-state index contributed by atoms with van der Waals surface area (Å²) in [5, 5.41) is 14.2. The number of nitrogens with one attached hydrogen (secondary N) is 3. The Hall–Kier alpha value is -5.51. The Kier molecular flexibility index (Phi) is 10.5. The van der Waals surface area contributed by atoms with Gasteiger partial charge in [-0.2, -0.15) is 5.10 Å². The number of carbonyl (C=O) groups excluding carboxylic acids is 2. The van der Waals surface area contributed by atoms with Crippen LogP contribution in [0.1, 0.15) is 78.0 Å². The zero-order chi connectivity index (χ0) is 36.1. The number of anilines is 3. The molecular weight excluding hydrogens is 637 g/mol. The van der Waals surface area contributed by atoms with E-state index in [9.17, 15) is 9.59 Å². The van der Waals surface area contributed by atoms with Crippen LogP contribution < -0.4 is 16.0 Å². The first kappa shape index (κ1) is 35.3. The number of amides is 3. The largest absolute Gasteiger partial charge is 0.378 e. The third kappa shape index (κ3) is 9.19. The molecule has 1 fully saturated rings. The summed E-state index contributed by atoms with van der Waals surface area (Å²) in [4.78, 5) is 37.6. The van der Waals surface area contributed by atoms with Crippen LogP contribution in [0.3, 0.4) is 0 Å². The predicted octanol–water partition coefficient (Wildman–Crippen LogP) is 8.24. The Labute approximate surface area is 300 Å². The standard InChI is InChI=1S/C41H48N8O2/c1-27-13-15-35(16-14-27)49-38(25-36(47-49)41(4,5)6)46-40(51)45-34-12-7-9-31(23-34)22-30-17-19-48(20-18-30)39(50)32-10-8-11-33(24-32)42-26-37-43-28(2)21-29(3)44-37/h7-16,21,23-25,30,42H,17-20,22,26H2,1-6H3,(H2,45,46,51). The van der Waals surface area contributed by atoms with Crippen LogP contribution in [-0.2, 0) is 18.4 Å². The normalized spacial score (nSPS) is 13.6. The molecule has 0 radical (unpaired) electrons. The molecule has 10 heteroatoms. The Balaban J connectivity index is 1.02. The van der Waals surface area contributed by atoms with E-state index < -0.39 is 0 Å². The van der Waals surface area contributed by atoms with Gasteiger partial charge in [0.25, 0.3) is 5.91 Å². The number of hydrogen-bond donors (Lipinski definition) is 3. The molecule has 0 spiro atoms. The summed E-state index contributed by atoms with van der Waals surface area (Å²) >= 11 is 0. The number of likely N-dealkylation sites (tertiary alicyclic amines) is 1. The summed E-state index contributed by atoms with van der Waals surface area (Å²) in [6.07, 6.45) is 2.73. The van der Waals surface area contributed by atoms with E-state index in [2.05, 4.69) is 52.8 Å². The molecule has 6 rings (SSSR count). The number of aromatic nitrogens is 4. The molecule has 0 bridgehead atoms. The second-order valence-corrected chi connectivity index (χ2v) is 14.6. The maximum absolute atomic E-state index is 13.4. The van der Waals surface area contributed by atoms with E-state index in [0.717, 1.165) is 70.4 Å². The molecule has 0 saturated carbocycles. The van der Waals surface area contributed by atoms with Crippen molar-refractivity contribution in [3.63, 3.8) is 0 Å². The zero-order valence-corrected chi connectivity index (χ0v) is 30.5. The molecule has 1 saturated heterocycles. The van der Waals surface area contributed by atoms with Crippen LogP contribution in [0.4, 0.5) is 22.0 Å². The van der Waals surface area contributed by atoms with Crippen LogP contribution in [0.2, 0.25) is 0 Å². The van der Waals surface area contributed by atoms with Gasteiger partial charge >= 0.3 is 6.03 Å². The van der Waals surface area contributed by atoms with Crippen molar-refractivity contribution < 1.29 is 9.59 Å². The molecule has 10 nitrogen and oxygen atoms in total. The number of rotatable bonds is 9. The van der Waals surface area contributed by atoms with Gasteiger partial charge in [-0.05, 0) is 100 Å². The van der Waals surface area contributed by atoms with Crippen LogP contribution in [-0.4, -0.2) is 49.7 Å². The highest BCUT2D eigenvalue weighted by molar-refractivity contribution is 5.99. The number of hydrogen-bond acceptors (Lipinski definition) is 6. The van der Waals surface area contributed by atoms with Crippen LogP contribution in [0.25, 0.3) is 5.69 Å². The second kappa shape index (κ2) is 15.2. The highest BCUT2D eigenvalue weighted by Crippen LogP contribution is 2.28. The van der Waals surface area contributed by atoms with Crippen molar-refractivity contribution in [3.8, 4) is 5.69 Å². The molecule has 1 aliphatic rings. The van der Waals surface area contributed by atoms with Crippen LogP contribution in [0, 0.1) is 26.7 Å². The Morgan fingerprint density at radius 3 is 2.20 bits per heavy atom. The van der Waals surface area contributed by atoms with E-state index in [1.165, 1.54) is 0 Å². The molecule has 3 heterocycles. The number of benzene rings is 3. The Bertz CT molecular complexity index is 1980. The summed E-state index contributed by atoms with van der Waals surface area (Å²) in [6, 6.07) is 27.3. The predicted molar refractivity (Wildman–Crippen MR) is 204 cm³/mol. The lowest BCUT2D eigenvalue weighted by atomic mass is 9.90. The fraction of sp³-hybridized carbons (Fsp3) is 0.341. The lowest BCUT2D eigenvalue weighted by Crippen LogP contribution is -2.38. The van der Waals surface area contributed by atoms with Gasteiger partial charge in [0.1, 0.15) is 11.6 Å². The fourth-order valence-electron chi connectivity index (χ4n) is 6.45. The molecule has 264 valence electrons. The quantitative estimate of drug-likeness (QED) is 0.144. The molecule has 3 amide bonds. The summed E-state index contributed by atoms with van der Waals surface area (Å²) in [5.41, 5.74) is 8.05. The minimum Gasteiger partial charge on any atom is -0.378 e. The molecule has 3 aromatic carbocycles. The van der Waals surface area contributed by atoms with Gasteiger partial charge in [-0.15, -0.1) is 0 Å². The molecule has 0 aliphatic carbocycles. The van der Waals surface area contributed by atoms with Crippen molar-refractivity contribution >= 4 is 29.1 Å². The average molecular weight is 685 g/mol. The van der Waals surface area contributed by atoms with Gasteiger partial charge in [-0.1, -0.05) is 56.7 Å². The van der Waals surface area contributed by atoms with E-state index in [1.54, 1.807) is 4.68 Å². The third-order valence-electron chi connectivity index (χ3n) is 9.20. The van der Waals surface area contributed by atoms with E-state index in [-0.39, 0.29) is 17.4 Å². The van der Waals surface area contributed by atoms with Crippen molar-refractivity contribution in [2.75, 3.05) is 29.0 Å². The first-order valence-corrected chi connectivity index (χ1v) is 17.7. The number of carbonyl (C=O) groups is 2. The number of piperidine rings is 1. The summed E-state index contributed by atoms with van der Waals surface area (Å²) in [6.45, 7) is 14.2. The highest BCUT2D eigenvalue weighted by Gasteiger charge is 2.25. The number of urea groups is 1. The van der Waals surface area contributed by atoms with Crippen molar-refractivity contribution in [2.45, 2.75) is 72.8 Å². The summed E-state index contributed by atoms with van der Waals surface area (Å²) in [7, 11) is 0. The van der Waals surface area contributed by atoms with Crippen LogP contribution >= 0.6 is 0 Å². The molecule has 5 aromatic rings. The summed E-state index contributed by atoms with van der Waals surface area (Å²) in [5.74, 6) is 1.83. The van der Waals surface area contributed by atoms with Gasteiger partial charge in [0.15, 0.2) is 0 Å². The van der Waals surface area contributed by atoms with Gasteiger partial charge in [0.2, 0.25) is 0 Å². The van der Waals surface area contributed by atoms with Crippen molar-refractivity contribution in [2.24, 2.45) is 5.92 Å². The lowest BCUT2D eigenvalue weighted by Gasteiger charge is -2.32. The first-order valence-electron chi connectivity index (χ1n) is 17.7. The molecule has 3 N–H and O–H groups in total. The second-order valence-electron chi connectivity index (χ2n) is 14.6. The lowest BCUT2D eigenvalue weighted by molar-refractivity contribution is 0.0690. The molecule has 0 atom stereocenters. The third-order valence-corrected chi connectivity index (χ3v) is 9.20.